The topological polar surface area (TPSA) is 12.0 Å². The monoisotopic (exact) mass is 197 g/mol. The highest BCUT2D eigenvalue weighted by Gasteiger charge is 2.18. The highest BCUT2D eigenvalue weighted by atomic mass is 35.5. The minimum absolute atomic E-state index is 0.101. The lowest BCUT2D eigenvalue weighted by molar-refractivity contribution is 0.591. The second-order valence-electron chi connectivity index (χ2n) is 4.17. The number of halogens is 1. The average molecular weight is 198 g/mol. The summed E-state index contributed by atoms with van der Waals surface area (Å²) in [6.45, 7) is 6.48. The number of hydrogen-bond acceptors (Lipinski definition) is 1. The molecule has 0 radical (unpaired) electrons. The summed E-state index contributed by atoms with van der Waals surface area (Å²) >= 11 is 6.23. The lowest BCUT2D eigenvalue weighted by Crippen LogP contribution is -2.12. The van der Waals surface area contributed by atoms with E-state index in [-0.39, 0.29) is 5.41 Å². The molecule has 1 aromatic rings. The first-order chi connectivity index (χ1) is 5.96. The predicted octanol–water partition coefficient (Wildman–Crippen LogP) is 3.68. The van der Waals surface area contributed by atoms with Crippen molar-refractivity contribution < 1.29 is 0 Å². The van der Waals surface area contributed by atoms with Gasteiger partial charge in [0.1, 0.15) is 0 Å². The molecule has 1 nitrogen and oxygen atoms in total. The molecule has 0 aliphatic heterocycles. The molecule has 1 aromatic carbocycles. The van der Waals surface area contributed by atoms with Gasteiger partial charge in [0.2, 0.25) is 0 Å². The van der Waals surface area contributed by atoms with Crippen molar-refractivity contribution in [1.82, 2.24) is 0 Å². The van der Waals surface area contributed by atoms with Crippen LogP contribution in [0, 0.1) is 0 Å². The zero-order chi connectivity index (χ0) is 10.1. The van der Waals surface area contributed by atoms with Crippen molar-refractivity contribution in [3.63, 3.8) is 0 Å². The van der Waals surface area contributed by atoms with Gasteiger partial charge in [-0.3, -0.25) is 0 Å². The SMILES string of the molecule is CNc1cccc(C(C)(C)C)c1Cl. The lowest BCUT2D eigenvalue weighted by Gasteiger charge is -2.21. The zero-order valence-corrected chi connectivity index (χ0v) is 9.37. The van der Waals surface area contributed by atoms with Gasteiger partial charge in [0.05, 0.1) is 10.7 Å². The molecule has 0 unspecified atom stereocenters. The molecule has 0 bridgehead atoms. The molecule has 0 aromatic heterocycles. The first-order valence-corrected chi connectivity index (χ1v) is 4.81. The van der Waals surface area contributed by atoms with E-state index in [2.05, 4.69) is 32.2 Å². The molecule has 0 spiro atoms. The van der Waals surface area contributed by atoms with E-state index in [1.165, 1.54) is 5.56 Å². The minimum atomic E-state index is 0.101. The second-order valence-corrected chi connectivity index (χ2v) is 4.55. The molecule has 13 heavy (non-hydrogen) atoms. The Morgan fingerprint density at radius 1 is 1.23 bits per heavy atom. The van der Waals surface area contributed by atoms with Crippen LogP contribution in [0.25, 0.3) is 0 Å². The molecule has 0 aliphatic carbocycles. The molecular formula is C11H16ClN. The van der Waals surface area contributed by atoms with Gasteiger partial charge >= 0.3 is 0 Å². The molecule has 0 heterocycles. The summed E-state index contributed by atoms with van der Waals surface area (Å²) in [5.74, 6) is 0. The van der Waals surface area contributed by atoms with Crippen LogP contribution in [0.5, 0.6) is 0 Å². The molecule has 72 valence electrons. The van der Waals surface area contributed by atoms with Crippen LogP contribution in [0.2, 0.25) is 5.02 Å². The van der Waals surface area contributed by atoms with Crippen molar-refractivity contribution in [1.29, 1.82) is 0 Å². The smallest absolute Gasteiger partial charge is 0.0674 e. The molecule has 2 heteroatoms. The summed E-state index contributed by atoms with van der Waals surface area (Å²) in [5.41, 5.74) is 2.28. The van der Waals surface area contributed by atoms with E-state index in [0.717, 1.165) is 10.7 Å². The fraction of sp³-hybridized carbons (Fsp3) is 0.455. The maximum atomic E-state index is 6.23. The number of rotatable bonds is 1. The third kappa shape index (κ3) is 2.16. The minimum Gasteiger partial charge on any atom is -0.387 e. The Morgan fingerprint density at radius 3 is 2.31 bits per heavy atom. The van der Waals surface area contributed by atoms with E-state index in [0.29, 0.717) is 0 Å². The molecule has 0 amide bonds. The van der Waals surface area contributed by atoms with Crippen molar-refractivity contribution in [2.45, 2.75) is 26.2 Å². The first-order valence-electron chi connectivity index (χ1n) is 4.43. The van der Waals surface area contributed by atoms with Crippen LogP contribution in [0.1, 0.15) is 26.3 Å². The van der Waals surface area contributed by atoms with Gasteiger partial charge in [0, 0.05) is 7.05 Å². The first kappa shape index (κ1) is 10.4. The van der Waals surface area contributed by atoms with Gasteiger partial charge in [0.15, 0.2) is 0 Å². The van der Waals surface area contributed by atoms with Crippen molar-refractivity contribution in [3.05, 3.63) is 28.8 Å². The van der Waals surface area contributed by atoms with Gasteiger partial charge in [-0.05, 0) is 17.0 Å². The highest BCUT2D eigenvalue weighted by Crippen LogP contribution is 2.33. The summed E-state index contributed by atoms with van der Waals surface area (Å²) in [5, 5.41) is 3.91. The number of anilines is 1. The van der Waals surface area contributed by atoms with Crippen LogP contribution in [-0.2, 0) is 5.41 Å². The van der Waals surface area contributed by atoms with Crippen LogP contribution in [0.15, 0.2) is 18.2 Å². The van der Waals surface area contributed by atoms with Crippen molar-refractivity contribution in [2.75, 3.05) is 12.4 Å². The Kier molecular flexibility index (Phi) is 2.87. The predicted molar refractivity (Wildman–Crippen MR) is 59.7 cm³/mol. The fourth-order valence-corrected chi connectivity index (χ4v) is 1.81. The van der Waals surface area contributed by atoms with Crippen molar-refractivity contribution in [2.24, 2.45) is 0 Å². The number of hydrogen-bond donors (Lipinski definition) is 1. The van der Waals surface area contributed by atoms with Crippen LogP contribution >= 0.6 is 11.6 Å². The molecule has 0 saturated carbocycles. The molecule has 1 rings (SSSR count). The van der Waals surface area contributed by atoms with E-state index in [1.807, 2.05) is 19.2 Å². The Balaban J connectivity index is 3.24. The van der Waals surface area contributed by atoms with Crippen LogP contribution in [-0.4, -0.2) is 7.05 Å². The normalized spacial score (nSPS) is 11.5. The molecule has 0 aliphatic rings. The summed E-state index contributed by atoms with van der Waals surface area (Å²) in [6.07, 6.45) is 0. The summed E-state index contributed by atoms with van der Waals surface area (Å²) in [6, 6.07) is 6.08. The lowest BCUT2D eigenvalue weighted by atomic mass is 9.87. The van der Waals surface area contributed by atoms with E-state index in [1.54, 1.807) is 0 Å². The largest absolute Gasteiger partial charge is 0.387 e. The maximum absolute atomic E-state index is 6.23. The standard InChI is InChI=1S/C11H16ClN/c1-11(2,3)8-6-5-7-9(13-4)10(8)12/h5-7,13H,1-4H3. The number of nitrogens with one attached hydrogen (secondary N) is 1. The number of benzene rings is 1. The Morgan fingerprint density at radius 2 is 1.85 bits per heavy atom. The third-order valence-electron chi connectivity index (χ3n) is 2.08. The maximum Gasteiger partial charge on any atom is 0.0674 e. The Hall–Kier alpha value is -0.690. The average Bonchev–Trinajstić information content (AvgIpc) is 2.02. The van der Waals surface area contributed by atoms with Crippen molar-refractivity contribution in [3.8, 4) is 0 Å². The quantitative estimate of drug-likeness (QED) is 0.725. The van der Waals surface area contributed by atoms with E-state index in [9.17, 15) is 0 Å². The molecular weight excluding hydrogens is 182 g/mol. The van der Waals surface area contributed by atoms with Crippen LogP contribution in [0.3, 0.4) is 0 Å². The van der Waals surface area contributed by atoms with Gasteiger partial charge in [-0.2, -0.15) is 0 Å². The molecule has 0 saturated heterocycles. The van der Waals surface area contributed by atoms with Crippen LogP contribution in [0.4, 0.5) is 5.69 Å². The van der Waals surface area contributed by atoms with E-state index < -0.39 is 0 Å². The summed E-state index contributed by atoms with van der Waals surface area (Å²) < 4.78 is 0. The van der Waals surface area contributed by atoms with Gasteiger partial charge in [0.25, 0.3) is 0 Å². The van der Waals surface area contributed by atoms with Gasteiger partial charge < -0.3 is 5.32 Å². The summed E-state index contributed by atoms with van der Waals surface area (Å²) in [7, 11) is 1.88. The highest BCUT2D eigenvalue weighted by molar-refractivity contribution is 6.34. The van der Waals surface area contributed by atoms with Gasteiger partial charge in [-0.25, -0.2) is 0 Å². The van der Waals surface area contributed by atoms with Crippen LogP contribution < -0.4 is 5.32 Å². The third-order valence-corrected chi connectivity index (χ3v) is 2.48. The zero-order valence-electron chi connectivity index (χ0n) is 8.61. The molecule has 0 atom stereocenters. The van der Waals surface area contributed by atoms with Gasteiger partial charge in [-0.1, -0.05) is 44.5 Å². The fourth-order valence-electron chi connectivity index (χ4n) is 1.30. The van der Waals surface area contributed by atoms with E-state index in [4.69, 9.17) is 11.6 Å². The second kappa shape index (κ2) is 3.59. The summed E-state index contributed by atoms with van der Waals surface area (Å²) in [4.78, 5) is 0. The molecule has 1 N–H and O–H groups in total. The Labute approximate surface area is 85.1 Å². The molecule has 0 fully saturated rings. The van der Waals surface area contributed by atoms with Crippen molar-refractivity contribution >= 4 is 17.3 Å². The van der Waals surface area contributed by atoms with E-state index >= 15 is 0 Å². The van der Waals surface area contributed by atoms with Gasteiger partial charge in [-0.15, -0.1) is 0 Å². The Bertz CT molecular complexity index is 299.